The van der Waals surface area contributed by atoms with Crippen molar-refractivity contribution in [2.24, 2.45) is 0 Å². The minimum absolute atomic E-state index is 0.0869. The maximum absolute atomic E-state index is 12.5. The van der Waals surface area contributed by atoms with Crippen LogP contribution in [0, 0.1) is 6.92 Å². The molecule has 0 saturated carbocycles. The molecule has 0 aliphatic heterocycles. The molecule has 1 heterocycles. The van der Waals surface area contributed by atoms with Crippen LogP contribution in [-0.2, 0) is 6.42 Å². The normalized spacial score (nSPS) is 10.4. The highest BCUT2D eigenvalue weighted by molar-refractivity contribution is 7.14. The van der Waals surface area contributed by atoms with Crippen molar-refractivity contribution in [2.75, 3.05) is 7.11 Å². The number of methoxy groups -OCH3 is 1. The van der Waals surface area contributed by atoms with Gasteiger partial charge < -0.3 is 4.74 Å². The molecule has 0 N–H and O–H groups in total. The van der Waals surface area contributed by atoms with E-state index in [1.165, 1.54) is 11.3 Å². The Balaban J connectivity index is 2.45. The molecule has 2 nitrogen and oxygen atoms in total. The molecular weight excluding hydrogens is 244 g/mol. The van der Waals surface area contributed by atoms with Gasteiger partial charge in [-0.25, -0.2) is 0 Å². The van der Waals surface area contributed by atoms with E-state index in [-0.39, 0.29) is 5.78 Å². The molecule has 0 bridgehead atoms. The smallest absolute Gasteiger partial charge is 0.203 e. The number of carbonyl (C=O) groups is 1. The van der Waals surface area contributed by atoms with Gasteiger partial charge in [-0.1, -0.05) is 13.0 Å². The largest absolute Gasteiger partial charge is 0.497 e. The summed E-state index contributed by atoms with van der Waals surface area (Å²) in [6.07, 6.45) is 0.843. The second kappa shape index (κ2) is 5.36. The summed E-state index contributed by atoms with van der Waals surface area (Å²) in [6.45, 7) is 4.06. The summed E-state index contributed by atoms with van der Waals surface area (Å²) in [5, 5.41) is 0. The van der Waals surface area contributed by atoms with Gasteiger partial charge in [-0.3, -0.25) is 4.79 Å². The zero-order valence-corrected chi connectivity index (χ0v) is 11.6. The van der Waals surface area contributed by atoms with Gasteiger partial charge in [-0.2, -0.15) is 0 Å². The highest BCUT2D eigenvalue weighted by Crippen LogP contribution is 2.24. The highest BCUT2D eigenvalue weighted by atomic mass is 32.1. The quantitative estimate of drug-likeness (QED) is 0.780. The van der Waals surface area contributed by atoms with Crippen molar-refractivity contribution in [1.82, 2.24) is 0 Å². The fourth-order valence-electron chi connectivity index (χ4n) is 1.89. The number of aryl methyl sites for hydroxylation is 2. The third-order valence-electron chi connectivity index (χ3n) is 2.91. The maximum Gasteiger partial charge on any atom is 0.203 e. The van der Waals surface area contributed by atoms with Crippen molar-refractivity contribution in [2.45, 2.75) is 20.3 Å². The van der Waals surface area contributed by atoms with Crippen molar-refractivity contribution in [3.63, 3.8) is 0 Å². The average Bonchev–Trinajstić information content (AvgIpc) is 2.83. The van der Waals surface area contributed by atoms with Crippen LogP contribution in [0.25, 0.3) is 0 Å². The Kier molecular flexibility index (Phi) is 3.82. The van der Waals surface area contributed by atoms with E-state index >= 15 is 0 Å². The van der Waals surface area contributed by atoms with Crippen LogP contribution in [0.1, 0.15) is 32.6 Å². The Labute approximate surface area is 111 Å². The van der Waals surface area contributed by atoms with E-state index in [4.69, 9.17) is 4.74 Å². The van der Waals surface area contributed by atoms with E-state index in [0.29, 0.717) is 0 Å². The molecule has 0 spiro atoms. The number of rotatable bonds is 4. The van der Waals surface area contributed by atoms with E-state index in [1.807, 2.05) is 37.3 Å². The van der Waals surface area contributed by atoms with Gasteiger partial charge in [0, 0.05) is 10.4 Å². The van der Waals surface area contributed by atoms with Gasteiger partial charge in [-0.15, -0.1) is 11.3 Å². The number of hydrogen-bond acceptors (Lipinski definition) is 3. The summed E-state index contributed by atoms with van der Waals surface area (Å²) in [4.78, 5) is 14.4. The van der Waals surface area contributed by atoms with Crippen LogP contribution in [0.5, 0.6) is 5.75 Å². The lowest BCUT2D eigenvalue weighted by atomic mass is 10.0. The Hall–Kier alpha value is -1.61. The number of thiophene rings is 1. The third kappa shape index (κ3) is 2.46. The summed E-state index contributed by atoms with van der Waals surface area (Å²) in [5.41, 5.74) is 1.81. The number of carbonyl (C=O) groups excluding carboxylic acids is 1. The van der Waals surface area contributed by atoms with Crippen LogP contribution in [0.2, 0.25) is 0 Å². The van der Waals surface area contributed by atoms with Crippen molar-refractivity contribution < 1.29 is 9.53 Å². The summed E-state index contributed by atoms with van der Waals surface area (Å²) in [5.74, 6) is 0.813. The first kappa shape index (κ1) is 12.8. The summed E-state index contributed by atoms with van der Waals surface area (Å²) >= 11 is 1.53. The lowest BCUT2D eigenvalue weighted by Crippen LogP contribution is -2.03. The molecule has 0 aliphatic carbocycles. The minimum atomic E-state index is 0.0869. The van der Waals surface area contributed by atoms with Gasteiger partial charge in [0.1, 0.15) is 5.75 Å². The predicted molar refractivity (Wildman–Crippen MR) is 74.9 cm³/mol. The SMILES string of the molecule is CCc1ccc(OC)cc1C(=O)c1ccc(C)s1. The highest BCUT2D eigenvalue weighted by Gasteiger charge is 2.15. The van der Waals surface area contributed by atoms with Crippen LogP contribution < -0.4 is 4.74 Å². The molecule has 0 radical (unpaired) electrons. The van der Waals surface area contributed by atoms with Gasteiger partial charge in [0.05, 0.1) is 12.0 Å². The Morgan fingerprint density at radius 2 is 2.06 bits per heavy atom. The zero-order chi connectivity index (χ0) is 13.1. The summed E-state index contributed by atoms with van der Waals surface area (Å²) in [6, 6.07) is 9.56. The first-order valence-electron chi connectivity index (χ1n) is 5.93. The molecule has 18 heavy (non-hydrogen) atoms. The number of benzene rings is 1. The zero-order valence-electron chi connectivity index (χ0n) is 10.8. The minimum Gasteiger partial charge on any atom is -0.497 e. The molecule has 2 rings (SSSR count). The first-order chi connectivity index (χ1) is 8.65. The Morgan fingerprint density at radius 3 is 2.61 bits per heavy atom. The average molecular weight is 260 g/mol. The van der Waals surface area contributed by atoms with Gasteiger partial charge in [0.15, 0.2) is 0 Å². The second-order valence-electron chi connectivity index (χ2n) is 4.12. The third-order valence-corrected chi connectivity index (χ3v) is 3.91. The topological polar surface area (TPSA) is 26.3 Å². The van der Waals surface area contributed by atoms with E-state index in [2.05, 4.69) is 6.92 Å². The fraction of sp³-hybridized carbons (Fsp3) is 0.267. The second-order valence-corrected chi connectivity index (χ2v) is 5.40. The monoisotopic (exact) mass is 260 g/mol. The lowest BCUT2D eigenvalue weighted by Gasteiger charge is -2.08. The van der Waals surface area contributed by atoms with Crippen LogP contribution in [-0.4, -0.2) is 12.9 Å². The van der Waals surface area contributed by atoms with E-state index < -0.39 is 0 Å². The Bertz CT molecular complexity index is 570. The van der Waals surface area contributed by atoms with Gasteiger partial charge in [0.25, 0.3) is 0 Å². The molecule has 0 aliphatic rings. The van der Waals surface area contributed by atoms with E-state index in [1.54, 1.807) is 7.11 Å². The van der Waals surface area contributed by atoms with Crippen LogP contribution in [0.15, 0.2) is 30.3 Å². The predicted octanol–water partition coefficient (Wildman–Crippen LogP) is 3.86. The summed E-state index contributed by atoms with van der Waals surface area (Å²) < 4.78 is 5.20. The molecule has 0 fully saturated rings. The van der Waals surface area contributed by atoms with Crippen LogP contribution >= 0.6 is 11.3 Å². The molecule has 1 aromatic carbocycles. The molecule has 94 valence electrons. The number of ether oxygens (including phenoxy) is 1. The molecule has 3 heteroatoms. The van der Waals surface area contributed by atoms with Crippen molar-refractivity contribution in [1.29, 1.82) is 0 Å². The maximum atomic E-state index is 12.5. The first-order valence-corrected chi connectivity index (χ1v) is 6.75. The molecule has 0 amide bonds. The molecular formula is C15H16O2S. The van der Waals surface area contributed by atoms with Crippen LogP contribution in [0.3, 0.4) is 0 Å². The van der Waals surface area contributed by atoms with E-state index in [9.17, 15) is 4.79 Å². The Morgan fingerprint density at radius 1 is 1.28 bits per heavy atom. The lowest BCUT2D eigenvalue weighted by molar-refractivity contribution is 0.104. The van der Waals surface area contributed by atoms with Crippen LogP contribution in [0.4, 0.5) is 0 Å². The molecule has 0 atom stereocenters. The van der Waals surface area contributed by atoms with Gasteiger partial charge >= 0.3 is 0 Å². The number of ketones is 1. The van der Waals surface area contributed by atoms with Crippen molar-refractivity contribution >= 4 is 17.1 Å². The van der Waals surface area contributed by atoms with Gasteiger partial charge in [0.2, 0.25) is 5.78 Å². The number of hydrogen-bond donors (Lipinski definition) is 0. The molecule has 2 aromatic rings. The van der Waals surface area contributed by atoms with Gasteiger partial charge in [-0.05, 0) is 43.2 Å². The molecule has 0 saturated heterocycles. The summed E-state index contributed by atoms with van der Waals surface area (Å²) in [7, 11) is 1.62. The molecule has 1 aromatic heterocycles. The standard InChI is InChI=1S/C15H16O2S/c1-4-11-6-7-12(17-3)9-13(11)15(16)14-8-5-10(2)18-14/h5-9H,4H2,1-3H3. The van der Waals surface area contributed by atoms with E-state index in [0.717, 1.165) is 33.1 Å². The molecule has 0 unspecified atom stereocenters. The van der Waals surface area contributed by atoms with Crippen molar-refractivity contribution in [3.8, 4) is 5.75 Å². The fourth-order valence-corrected chi connectivity index (χ4v) is 2.71. The van der Waals surface area contributed by atoms with Crippen molar-refractivity contribution in [3.05, 3.63) is 51.2 Å².